The lowest BCUT2D eigenvalue weighted by Crippen LogP contribution is -2.42. The number of thiazole rings is 1. The second-order valence-electron chi connectivity index (χ2n) is 5.36. The molecule has 0 radical (unpaired) electrons. The zero-order valence-corrected chi connectivity index (χ0v) is 13.4. The van der Waals surface area contributed by atoms with E-state index in [9.17, 15) is 8.42 Å². The predicted molar refractivity (Wildman–Crippen MR) is 80.1 cm³/mol. The first-order chi connectivity index (χ1) is 9.42. The van der Waals surface area contributed by atoms with Crippen LogP contribution in [0.2, 0.25) is 0 Å². The molecular weight excluding hydrogens is 298 g/mol. The molecule has 0 atom stereocenters. The maximum Gasteiger partial charge on any atom is 0.303 e. The van der Waals surface area contributed by atoms with Crippen molar-refractivity contribution in [1.82, 2.24) is 9.29 Å². The number of hydrogen-bond acceptors (Lipinski definition) is 5. The van der Waals surface area contributed by atoms with Crippen molar-refractivity contribution in [3.8, 4) is 0 Å². The second kappa shape index (κ2) is 6.38. The summed E-state index contributed by atoms with van der Waals surface area (Å²) in [6.45, 7) is 5.07. The number of aromatic nitrogens is 1. The summed E-state index contributed by atoms with van der Waals surface area (Å²) in [5.41, 5.74) is 0.895. The second-order valence-corrected chi connectivity index (χ2v) is 7.89. The molecule has 0 unspecified atom stereocenters. The topological polar surface area (TPSA) is 82.5 Å². The van der Waals surface area contributed by atoms with Crippen molar-refractivity contribution in [3.63, 3.8) is 0 Å². The van der Waals surface area contributed by atoms with Crippen LogP contribution in [-0.2, 0) is 10.2 Å². The van der Waals surface area contributed by atoms with Crippen molar-refractivity contribution in [3.05, 3.63) is 11.1 Å². The van der Waals surface area contributed by atoms with Crippen LogP contribution in [0, 0.1) is 5.92 Å². The Bertz CT molecular complexity index is 534. The average Bonchev–Trinajstić information content (AvgIpc) is 2.87. The fourth-order valence-corrected chi connectivity index (χ4v) is 4.42. The molecule has 2 rings (SSSR count). The smallest absolute Gasteiger partial charge is 0.303 e. The van der Waals surface area contributed by atoms with Crippen molar-refractivity contribution in [1.29, 1.82) is 0 Å². The SMILES string of the molecule is CC(C)c1csc(NS(=O)(=O)N2CCC(CO)CC2)n1. The molecule has 0 spiro atoms. The molecule has 1 aliphatic rings. The zero-order chi connectivity index (χ0) is 14.8. The Kier molecular flexibility index (Phi) is 5.00. The molecule has 1 aromatic rings. The lowest BCUT2D eigenvalue weighted by atomic mass is 10.00. The largest absolute Gasteiger partial charge is 0.396 e. The van der Waals surface area contributed by atoms with Gasteiger partial charge in [0.2, 0.25) is 0 Å². The molecule has 1 fully saturated rings. The first-order valence-electron chi connectivity index (χ1n) is 6.76. The normalized spacial score (nSPS) is 18.6. The Morgan fingerprint density at radius 1 is 1.50 bits per heavy atom. The first-order valence-corrected chi connectivity index (χ1v) is 9.08. The fraction of sp³-hybridized carbons (Fsp3) is 0.750. The van der Waals surface area contributed by atoms with Gasteiger partial charge in [-0.3, -0.25) is 0 Å². The van der Waals surface area contributed by atoms with Gasteiger partial charge in [0.1, 0.15) is 0 Å². The van der Waals surface area contributed by atoms with Gasteiger partial charge in [-0.15, -0.1) is 11.3 Å². The maximum absolute atomic E-state index is 12.2. The van der Waals surface area contributed by atoms with Crippen LogP contribution >= 0.6 is 11.3 Å². The van der Waals surface area contributed by atoms with Gasteiger partial charge >= 0.3 is 10.2 Å². The highest BCUT2D eigenvalue weighted by Crippen LogP contribution is 2.24. The standard InChI is InChI=1S/C12H21N3O3S2/c1-9(2)11-8-19-12(13-11)14-20(17,18)15-5-3-10(7-16)4-6-15/h8-10,16H,3-7H2,1-2H3,(H,13,14). The quantitative estimate of drug-likeness (QED) is 0.864. The van der Waals surface area contributed by atoms with Gasteiger partial charge in [0.15, 0.2) is 5.13 Å². The number of nitrogens with zero attached hydrogens (tertiary/aromatic N) is 2. The zero-order valence-electron chi connectivity index (χ0n) is 11.7. The Morgan fingerprint density at radius 2 is 2.15 bits per heavy atom. The van der Waals surface area contributed by atoms with E-state index in [4.69, 9.17) is 5.11 Å². The Hall–Kier alpha value is -0.700. The van der Waals surface area contributed by atoms with E-state index in [1.54, 1.807) is 0 Å². The van der Waals surface area contributed by atoms with Crippen LogP contribution in [0.25, 0.3) is 0 Å². The third-order valence-electron chi connectivity index (χ3n) is 3.50. The van der Waals surface area contributed by atoms with E-state index >= 15 is 0 Å². The molecule has 0 bridgehead atoms. The van der Waals surface area contributed by atoms with Gasteiger partial charge in [-0.05, 0) is 24.7 Å². The molecule has 2 N–H and O–H groups in total. The molecule has 1 aromatic heterocycles. The van der Waals surface area contributed by atoms with Gasteiger partial charge in [-0.2, -0.15) is 12.7 Å². The first kappa shape index (κ1) is 15.7. The molecule has 1 aliphatic heterocycles. The molecule has 0 aliphatic carbocycles. The van der Waals surface area contributed by atoms with Crippen LogP contribution in [-0.4, -0.2) is 42.5 Å². The highest BCUT2D eigenvalue weighted by molar-refractivity contribution is 7.90. The number of aliphatic hydroxyl groups is 1. The highest BCUT2D eigenvalue weighted by Gasteiger charge is 2.28. The minimum Gasteiger partial charge on any atom is -0.396 e. The molecule has 20 heavy (non-hydrogen) atoms. The van der Waals surface area contributed by atoms with Gasteiger partial charge < -0.3 is 5.11 Å². The lowest BCUT2D eigenvalue weighted by molar-refractivity contribution is 0.170. The van der Waals surface area contributed by atoms with E-state index in [0.29, 0.717) is 31.1 Å². The van der Waals surface area contributed by atoms with Crippen molar-refractivity contribution in [2.24, 2.45) is 5.92 Å². The Labute approximate surface area is 124 Å². The number of rotatable bonds is 5. The molecule has 1 saturated heterocycles. The third-order valence-corrected chi connectivity index (χ3v) is 5.90. The van der Waals surface area contributed by atoms with E-state index in [1.165, 1.54) is 15.6 Å². The molecule has 2 heterocycles. The van der Waals surface area contributed by atoms with Gasteiger partial charge in [-0.1, -0.05) is 13.8 Å². The fourth-order valence-electron chi connectivity index (χ4n) is 2.11. The lowest BCUT2D eigenvalue weighted by Gasteiger charge is -2.29. The number of nitrogens with one attached hydrogen (secondary N) is 1. The summed E-state index contributed by atoms with van der Waals surface area (Å²) in [6, 6.07) is 0. The van der Waals surface area contributed by atoms with Gasteiger partial charge in [0, 0.05) is 25.1 Å². The van der Waals surface area contributed by atoms with E-state index in [-0.39, 0.29) is 18.4 Å². The maximum atomic E-state index is 12.2. The summed E-state index contributed by atoms with van der Waals surface area (Å²) < 4.78 is 28.5. The van der Waals surface area contributed by atoms with E-state index in [0.717, 1.165) is 5.69 Å². The van der Waals surface area contributed by atoms with Crippen LogP contribution in [0.5, 0.6) is 0 Å². The number of piperidine rings is 1. The minimum atomic E-state index is -3.53. The van der Waals surface area contributed by atoms with Crippen LogP contribution in [0.4, 0.5) is 5.13 Å². The van der Waals surface area contributed by atoms with Crippen molar-refractivity contribution in [2.45, 2.75) is 32.6 Å². The van der Waals surface area contributed by atoms with Crippen molar-refractivity contribution >= 4 is 26.7 Å². The summed E-state index contributed by atoms with van der Waals surface area (Å²) in [7, 11) is -3.53. The van der Waals surface area contributed by atoms with Crippen LogP contribution in [0.1, 0.15) is 38.3 Å². The highest BCUT2D eigenvalue weighted by atomic mass is 32.2. The monoisotopic (exact) mass is 319 g/mol. The molecule has 0 aromatic carbocycles. The predicted octanol–water partition coefficient (Wildman–Crippen LogP) is 1.63. The number of hydrogen-bond donors (Lipinski definition) is 2. The van der Waals surface area contributed by atoms with Crippen molar-refractivity contribution in [2.75, 3.05) is 24.4 Å². The average molecular weight is 319 g/mol. The van der Waals surface area contributed by atoms with E-state index in [2.05, 4.69) is 9.71 Å². The Balaban J connectivity index is 2.00. The summed E-state index contributed by atoms with van der Waals surface area (Å²) in [5, 5.41) is 11.4. The van der Waals surface area contributed by atoms with Crippen LogP contribution in [0.15, 0.2) is 5.38 Å². The molecule has 0 amide bonds. The Morgan fingerprint density at radius 3 is 2.65 bits per heavy atom. The van der Waals surface area contributed by atoms with Gasteiger partial charge in [0.05, 0.1) is 5.69 Å². The van der Waals surface area contributed by atoms with Gasteiger partial charge in [-0.25, -0.2) is 9.71 Å². The molecule has 6 nitrogen and oxygen atoms in total. The molecular formula is C12H21N3O3S2. The third kappa shape index (κ3) is 3.69. The molecule has 114 valence electrons. The minimum absolute atomic E-state index is 0.131. The summed E-state index contributed by atoms with van der Waals surface area (Å²) in [6.07, 6.45) is 1.40. The van der Waals surface area contributed by atoms with Crippen molar-refractivity contribution < 1.29 is 13.5 Å². The number of aliphatic hydroxyl groups excluding tert-OH is 1. The summed E-state index contributed by atoms with van der Waals surface area (Å²) in [4.78, 5) is 4.28. The van der Waals surface area contributed by atoms with Crippen LogP contribution in [0.3, 0.4) is 0 Å². The van der Waals surface area contributed by atoms with Gasteiger partial charge in [0.25, 0.3) is 0 Å². The summed E-state index contributed by atoms with van der Waals surface area (Å²) >= 11 is 1.31. The molecule has 8 heteroatoms. The van der Waals surface area contributed by atoms with E-state index < -0.39 is 10.2 Å². The summed E-state index contributed by atoms with van der Waals surface area (Å²) in [5.74, 6) is 0.499. The van der Waals surface area contributed by atoms with E-state index in [1.807, 2.05) is 19.2 Å². The molecule has 0 saturated carbocycles. The van der Waals surface area contributed by atoms with Crippen LogP contribution < -0.4 is 4.72 Å². The number of anilines is 1.